The first-order chi connectivity index (χ1) is 19.0. The van der Waals surface area contributed by atoms with Crippen LogP contribution in [0.5, 0.6) is 0 Å². The third-order valence-corrected chi connectivity index (χ3v) is 9.17. The quantitative estimate of drug-likeness (QED) is 0.212. The van der Waals surface area contributed by atoms with E-state index in [1.807, 2.05) is 11.0 Å². The van der Waals surface area contributed by atoms with E-state index in [1.165, 1.54) is 17.3 Å². The fourth-order valence-electron chi connectivity index (χ4n) is 6.75. The molecule has 1 aromatic carbocycles. The van der Waals surface area contributed by atoms with E-state index in [-0.39, 0.29) is 27.9 Å². The van der Waals surface area contributed by atoms with Gasteiger partial charge in [-0.05, 0) is 79.7 Å². The second kappa shape index (κ2) is 9.50. The molecule has 0 amide bonds. The molecule has 0 aliphatic carbocycles. The van der Waals surface area contributed by atoms with E-state index in [9.17, 15) is 14.4 Å². The summed E-state index contributed by atoms with van der Waals surface area (Å²) in [6.45, 7) is 14.1. The van der Waals surface area contributed by atoms with E-state index >= 15 is 0 Å². The largest absolute Gasteiger partial charge is 0.427 e. The maximum absolute atomic E-state index is 13.4. The molecule has 5 heterocycles. The zero-order valence-electron chi connectivity index (χ0n) is 24.2. The molecule has 7 nitrogen and oxygen atoms in total. The van der Waals surface area contributed by atoms with Gasteiger partial charge in [0.2, 0.25) is 0 Å². The molecule has 4 aliphatic rings. The van der Waals surface area contributed by atoms with Gasteiger partial charge in [0.05, 0.1) is 11.3 Å². The predicted octanol–water partition coefficient (Wildman–Crippen LogP) is 5.74. The van der Waals surface area contributed by atoms with E-state index in [0.29, 0.717) is 16.8 Å². The summed E-state index contributed by atoms with van der Waals surface area (Å²) in [6.07, 6.45) is 9.85. The van der Waals surface area contributed by atoms with Crippen molar-refractivity contribution in [1.29, 1.82) is 0 Å². The van der Waals surface area contributed by atoms with Crippen LogP contribution in [-0.4, -0.2) is 42.8 Å². The maximum atomic E-state index is 13.4. The Kier molecular flexibility index (Phi) is 6.32. The molecular formula is C33H38N2O5. The number of carbonyl (C=O) groups is 2. The van der Waals surface area contributed by atoms with Crippen LogP contribution in [0.4, 0.5) is 5.69 Å². The van der Waals surface area contributed by atoms with Gasteiger partial charge in [-0.25, -0.2) is 9.59 Å². The third kappa shape index (κ3) is 4.40. The minimum atomic E-state index is -0.652. The molecule has 7 heteroatoms. The van der Waals surface area contributed by atoms with Crippen LogP contribution < -0.4 is 10.5 Å². The van der Waals surface area contributed by atoms with E-state index in [0.717, 1.165) is 69.2 Å². The minimum Gasteiger partial charge on any atom is -0.427 e. The fourth-order valence-corrected chi connectivity index (χ4v) is 6.75. The van der Waals surface area contributed by atoms with Crippen molar-refractivity contribution in [2.45, 2.75) is 77.6 Å². The number of cyclic esters (lactones) is 1. The number of piperidine rings is 1. The van der Waals surface area contributed by atoms with Crippen LogP contribution >= 0.6 is 0 Å². The molecule has 0 N–H and O–H groups in total. The minimum absolute atomic E-state index is 0.00748. The van der Waals surface area contributed by atoms with E-state index < -0.39 is 11.6 Å². The number of carbonyl (C=O) groups excluding carboxylic acids is 2. The molecular weight excluding hydrogens is 504 g/mol. The molecule has 0 unspecified atom stereocenters. The molecule has 4 aliphatic heterocycles. The summed E-state index contributed by atoms with van der Waals surface area (Å²) in [4.78, 5) is 43.7. The summed E-state index contributed by atoms with van der Waals surface area (Å²) in [5.74, 6) is -0.739. The Labute approximate surface area is 235 Å². The lowest BCUT2D eigenvalue weighted by molar-refractivity contribution is -0.137. The van der Waals surface area contributed by atoms with Crippen molar-refractivity contribution in [1.82, 2.24) is 4.90 Å². The number of ether oxygens (including phenoxy) is 1. The molecule has 0 atom stereocenters. The summed E-state index contributed by atoms with van der Waals surface area (Å²) in [7, 11) is 0. The van der Waals surface area contributed by atoms with E-state index in [1.54, 1.807) is 19.1 Å². The van der Waals surface area contributed by atoms with Gasteiger partial charge >= 0.3 is 11.6 Å². The SMILES string of the molecule is CC1=CC(=O)/C(=C(/C=C/c2cc3cc4c5c(c3oc2=O)C(C)(C)CCN5CCC4(C)C)N2CCCCC2)C(=O)O1. The summed E-state index contributed by atoms with van der Waals surface area (Å²) < 4.78 is 11.4. The molecule has 6 rings (SSSR count). The molecule has 210 valence electrons. The van der Waals surface area contributed by atoms with Crippen LogP contribution in [0.15, 0.2) is 50.5 Å². The Morgan fingerprint density at radius 2 is 1.62 bits per heavy atom. The number of ketones is 1. The van der Waals surface area contributed by atoms with Crippen LogP contribution in [0.1, 0.15) is 83.4 Å². The normalized spacial score (nSPS) is 23.3. The molecule has 1 saturated heterocycles. The second-order valence-corrected chi connectivity index (χ2v) is 13.0. The Morgan fingerprint density at radius 3 is 2.33 bits per heavy atom. The van der Waals surface area contributed by atoms with E-state index in [2.05, 4.69) is 38.7 Å². The molecule has 2 aromatic rings. The molecule has 40 heavy (non-hydrogen) atoms. The number of hydrogen-bond donors (Lipinski definition) is 0. The average molecular weight is 543 g/mol. The van der Waals surface area contributed by atoms with Gasteiger partial charge < -0.3 is 19.0 Å². The molecule has 1 fully saturated rings. The average Bonchev–Trinajstić information content (AvgIpc) is 2.89. The summed E-state index contributed by atoms with van der Waals surface area (Å²) >= 11 is 0. The number of benzene rings is 1. The van der Waals surface area contributed by atoms with Crippen LogP contribution in [0.3, 0.4) is 0 Å². The van der Waals surface area contributed by atoms with Gasteiger partial charge in [-0.2, -0.15) is 0 Å². The number of rotatable bonds is 3. The van der Waals surface area contributed by atoms with Crippen LogP contribution in [0, 0.1) is 0 Å². The first kappa shape index (κ1) is 26.6. The number of hydrogen-bond acceptors (Lipinski definition) is 7. The highest BCUT2D eigenvalue weighted by Gasteiger charge is 2.42. The number of nitrogens with zero attached hydrogens (tertiary/aromatic N) is 2. The molecule has 0 radical (unpaired) electrons. The first-order valence-corrected chi connectivity index (χ1v) is 14.5. The van der Waals surface area contributed by atoms with Gasteiger partial charge in [0.1, 0.15) is 16.9 Å². The third-order valence-electron chi connectivity index (χ3n) is 9.17. The monoisotopic (exact) mass is 542 g/mol. The number of likely N-dealkylation sites (tertiary alicyclic amines) is 1. The van der Waals surface area contributed by atoms with Crippen molar-refractivity contribution in [2.75, 3.05) is 31.1 Å². The van der Waals surface area contributed by atoms with Crippen LogP contribution in [-0.2, 0) is 25.2 Å². The number of anilines is 1. The van der Waals surface area contributed by atoms with Gasteiger partial charge in [0, 0.05) is 48.9 Å². The van der Waals surface area contributed by atoms with Crippen LogP contribution in [0.25, 0.3) is 17.0 Å². The highest BCUT2D eigenvalue weighted by atomic mass is 16.5. The van der Waals surface area contributed by atoms with Gasteiger partial charge in [-0.1, -0.05) is 27.7 Å². The number of esters is 1. The standard InChI is InChI=1S/C33H38N2O5/c1-20-17-25(36)26(31(38)39-20)24(34-13-7-6-8-14-34)10-9-21-18-22-19-23-28-27(29(22)40-30(21)37)33(4,5)12-16-35(28)15-11-32(23,2)3/h9-10,17-19H,6-8,11-16H2,1-5H3/b10-9+,26-24+. The summed E-state index contributed by atoms with van der Waals surface area (Å²) in [5, 5.41) is 0.900. The van der Waals surface area contributed by atoms with Crippen molar-refractivity contribution < 1.29 is 18.7 Å². The van der Waals surface area contributed by atoms with Crippen LogP contribution in [0.2, 0.25) is 0 Å². The lowest BCUT2D eigenvalue weighted by Gasteiger charge is -2.48. The number of allylic oxidation sites excluding steroid dienone is 3. The van der Waals surface area contributed by atoms with Crippen molar-refractivity contribution in [3.05, 3.63) is 68.4 Å². The second-order valence-electron chi connectivity index (χ2n) is 13.0. The Morgan fingerprint density at radius 1 is 0.925 bits per heavy atom. The Balaban J connectivity index is 1.51. The first-order valence-electron chi connectivity index (χ1n) is 14.5. The van der Waals surface area contributed by atoms with Crippen molar-refractivity contribution in [3.8, 4) is 0 Å². The van der Waals surface area contributed by atoms with E-state index in [4.69, 9.17) is 9.15 Å². The number of fused-ring (bicyclic) bond motifs is 2. The smallest absolute Gasteiger partial charge is 0.349 e. The van der Waals surface area contributed by atoms with Gasteiger partial charge in [-0.3, -0.25) is 4.79 Å². The van der Waals surface area contributed by atoms with Crippen molar-refractivity contribution in [3.63, 3.8) is 0 Å². The van der Waals surface area contributed by atoms with Crippen molar-refractivity contribution >= 4 is 34.5 Å². The molecule has 0 saturated carbocycles. The maximum Gasteiger partial charge on any atom is 0.349 e. The van der Waals surface area contributed by atoms with Gasteiger partial charge in [0.15, 0.2) is 5.78 Å². The van der Waals surface area contributed by atoms with Crippen molar-refractivity contribution in [2.24, 2.45) is 0 Å². The van der Waals surface area contributed by atoms with Gasteiger partial charge in [0.25, 0.3) is 0 Å². The molecule has 1 aromatic heterocycles. The summed E-state index contributed by atoms with van der Waals surface area (Å²) in [6, 6.07) is 4.10. The lowest BCUT2D eigenvalue weighted by atomic mass is 9.69. The predicted molar refractivity (Wildman–Crippen MR) is 156 cm³/mol. The molecule has 0 bridgehead atoms. The topological polar surface area (TPSA) is 80.1 Å². The summed E-state index contributed by atoms with van der Waals surface area (Å²) in [5.41, 5.74) is 4.67. The fraction of sp³-hybridized carbons (Fsp3) is 0.485. The van der Waals surface area contributed by atoms with Gasteiger partial charge in [-0.15, -0.1) is 0 Å². The zero-order chi connectivity index (χ0) is 28.4. The highest BCUT2D eigenvalue weighted by molar-refractivity contribution is 6.24. The Bertz CT molecular complexity index is 1580. The highest BCUT2D eigenvalue weighted by Crippen LogP contribution is 2.51. The Hall–Kier alpha value is -3.61. The lowest BCUT2D eigenvalue weighted by Crippen LogP contribution is -2.44. The zero-order valence-corrected chi connectivity index (χ0v) is 24.2. The molecule has 0 spiro atoms.